The zero-order valence-corrected chi connectivity index (χ0v) is 16.1. The summed E-state index contributed by atoms with van der Waals surface area (Å²) in [6.45, 7) is 7.49. The van der Waals surface area contributed by atoms with Crippen molar-refractivity contribution in [3.05, 3.63) is 83.1 Å². The highest BCUT2D eigenvalue weighted by Gasteiger charge is 2.15. The van der Waals surface area contributed by atoms with Gasteiger partial charge in [-0.1, -0.05) is 23.8 Å². The SMILES string of the molecule is Cc1cc(C)c(NC(=S)N(Cc2ccccn2)Cc2ccco2)c(C)c1. The summed E-state index contributed by atoms with van der Waals surface area (Å²) in [5.74, 6) is 0.863. The molecule has 2 heterocycles. The first kappa shape index (κ1) is 18.1. The molecule has 1 N–H and O–H groups in total. The van der Waals surface area contributed by atoms with Gasteiger partial charge in [-0.2, -0.15) is 0 Å². The van der Waals surface area contributed by atoms with Gasteiger partial charge in [0.2, 0.25) is 0 Å². The first-order chi connectivity index (χ1) is 12.5. The van der Waals surface area contributed by atoms with Crippen molar-refractivity contribution in [2.24, 2.45) is 0 Å². The molecule has 26 heavy (non-hydrogen) atoms. The average molecular weight is 366 g/mol. The number of thiocarbonyl (C=S) groups is 1. The number of furan rings is 1. The summed E-state index contributed by atoms with van der Waals surface area (Å²) in [6.07, 6.45) is 3.48. The molecular formula is C21H23N3OS. The van der Waals surface area contributed by atoms with Gasteiger partial charge in [-0.25, -0.2) is 0 Å². The lowest BCUT2D eigenvalue weighted by atomic mass is 10.1. The first-order valence-electron chi connectivity index (χ1n) is 8.59. The molecular weight excluding hydrogens is 342 g/mol. The van der Waals surface area contributed by atoms with E-state index in [1.54, 1.807) is 12.5 Å². The van der Waals surface area contributed by atoms with Gasteiger partial charge in [-0.05, 0) is 68.4 Å². The third-order valence-electron chi connectivity index (χ3n) is 4.20. The van der Waals surface area contributed by atoms with E-state index in [1.807, 2.05) is 30.3 Å². The summed E-state index contributed by atoms with van der Waals surface area (Å²) in [4.78, 5) is 6.49. The summed E-state index contributed by atoms with van der Waals surface area (Å²) in [6, 6.07) is 14.1. The molecule has 0 atom stereocenters. The average Bonchev–Trinajstić information content (AvgIpc) is 3.11. The molecule has 0 saturated carbocycles. The Hall–Kier alpha value is -2.66. The van der Waals surface area contributed by atoms with Crippen LogP contribution in [0.1, 0.15) is 28.1 Å². The largest absolute Gasteiger partial charge is 0.467 e. The molecule has 134 valence electrons. The van der Waals surface area contributed by atoms with Gasteiger partial charge in [-0.15, -0.1) is 0 Å². The van der Waals surface area contributed by atoms with Crippen molar-refractivity contribution in [1.82, 2.24) is 9.88 Å². The maximum atomic E-state index is 5.73. The van der Waals surface area contributed by atoms with Crippen molar-refractivity contribution in [2.45, 2.75) is 33.9 Å². The molecule has 3 aromatic rings. The van der Waals surface area contributed by atoms with E-state index < -0.39 is 0 Å². The van der Waals surface area contributed by atoms with E-state index in [0.29, 0.717) is 18.2 Å². The van der Waals surface area contributed by atoms with Crippen LogP contribution in [0.3, 0.4) is 0 Å². The van der Waals surface area contributed by atoms with Crippen LogP contribution in [0.5, 0.6) is 0 Å². The van der Waals surface area contributed by atoms with Gasteiger partial charge in [0.1, 0.15) is 5.76 Å². The maximum Gasteiger partial charge on any atom is 0.174 e. The van der Waals surface area contributed by atoms with Crippen LogP contribution in [0.15, 0.2) is 59.3 Å². The van der Waals surface area contributed by atoms with E-state index >= 15 is 0 Å². The normalized spacial score (nSPS) is 10.6. The Bertz CT molecular complexity index is 853. The molecule has 0 bridgehead atoms. The third-order valence-corrected chi connectivity index (χ3v) is 4.56. The molecule has 0 radical (unpaired) electrons. The van der Waals surface area contributed by atoms with E-state index in [1.165, 1.54) is 16.7 Å². The fraction of sp³-hybridized carbons (Fsp3) is 0.238. The molecule has 0 saturated heterocycles. The number of benzene rings is 1. The predicted octanol–water partition coefficient (Wildman–Crippen LogP) is 5.00. The van der Waals surface area contributed by atoms with Crippen LogP contribution in [0.4, 0.5) is 5.69 Å². The minimum absolute atomic E-state index is 0.583. The molecule has 0 fully saturated rings. The highest BCUT2D eigenvalue weighted by molar-refractivity contribution is 7.80. The smallest absolute Gasteiger partial charge is 0.174 e. The highest BCUT2D eigenvalue weighted by atomic mass is 32.1. The number of hydrogen-bond donors (Lipinski definition) is 1. The molecule has 1 aromatic carbocycles. The number of pyridine rings is 1. The summed E-state index contributed by atoms with van der Waals surface area (Å²) < 4.78 is 5.52. The zero-order chi connectivity index (χ0) is 18.5. The minimum Gasteiger partial charge on any atom is -0.467 e. The van der Waals surface area contributed by atoms with Gasteiger partial charge >= 0.3 is 0 Å². The standard InChI is InChI=1S/C21H23N3OS/c1-15-11-16(2)20(17(3)12-15)23-21(26)24(14-19-8-6-10-25-19)13-18-7-4-5-9-22-18/h4-12H,13-14H2,1-3H3,(H,23,26). The highest BCUT2D eigenvalue weighted by Crippen LogP contribution is 2.23. The number of hydrogen-bond acceptors (Lipinski definition) is 3. The van der Waals surface area contributed by atoms with Crippen LogP contribution in [0, 0.1) is 20.8 Å². The van der Waals surface area contributed by atoms with Gasteiger partial charge < -0.3 is 14.6 Å². The molecule has 2 aromatic heterocycles. The number of nitrogens with zero attached hydrogens (tertiary/aromatic N) is 2. The molecule has 4 nitrogen and oxygen atoms in total. The Morgan fingerprint density at radius 3 is 2.46 bits per heavy atom. The number of rotatable bonds is 5. The Kier molecular flexibility index (Phi) is 5.68. The van der Waals surface area contributed by atoms with Crippen LogP contribution in [0.25, 0.3) is 0 Å². The second-order valence-electron chi connectivity index (χ2n) is 6.46. The van der Waals surface area contributed by atoms with E-state index in [4.69, 9.17) is 16.6 Å². The Morgan fingerprint density at radius 2 is 1.85 bits per heavy atom. The maximum absolute atomic E-state index is 5.73. The Morgan fingerprint density at radius 1 is 1.08 bits per heavy atom. The van der Waals surface area contributed by atoms with E-state index in [-0.39, 0.29) is 0 Å². The molecule has 0 aliphatic rings. The van der Waals surface area contributed by atoms with E-state index in [2.05, 4.69) is 48.1 Å². The van der Waals surface area contributed by atoms with Crippen molar-refractivity contribution in [3.8, 4) is 0 Å². The molecule has 0 unspecified atom stereocenters. The van der Waals surface area contributed by atoms with Crippen LogP contribution < -0.4 is 5.32 Å². The van der Waals surface area contributed by atoms with Gasteiger partial charge in [-0.3, -0.25) is 4.98 Å². The Labute approximate surface area is 159 Å². The third kappa shape index (κ3) is 4.49. The second kappa shape index (κ2) is 8.15. The fourth-order valence-corrected chi connectivity index (χ4v) is 3.27. The lowest BCUT2D eigenvalue weighted by Gasteiger charge is -2.26. The van der Waals surface area contributed by atoms with Crippen LogP contribution >= 0.6 is 12.2 Å². The second-order valence-corrected chi connectivity index (χ2v) is 6.85. The fourth-order valence-electron chi connectivity index (χ4n) is 3.04. The van der Waals surface area contributed by atoms with Gasteiger partial charge in [0, 0.05) is 11.9 Å². The number of anilines is 1. The predicted molar refractivity (Wildman–Crippen MR) is 109 cm³/mol. The zero-order valence-electron chi connectivity index (χ0n) is 15.3. The number of aryl methyl sites for hydroxylation is 3. The molecule has 0 aliphatic heterocycles. The van der Waals surface area contributed by atoms with Crippen LogP contribution in [-0.4, -0.2) is 15.0 Å². The Balaban J connectivity index is 1.82. The van der Waals surface area contributed by atoms with Gasteiger partial charge in [0.25, 0.3) is 0 Å². The van der Waals surface area contributed by atoms with Crippen molar-refractivity contribution < 1.29 is 4.42 Å². The van der Waals surface area contributed by atoms with Crippen molar-refractivity contribution in [3.63, 3.8) is 0 Å². The summed E-state index contributed by atoms with van der Waals surface area (Å²) >= 11 is 5.73. The van der Waals surface area contributed by atoms with Gasteiger partial charge in [0.15, 0.2) is 5.11 Å². The molecule has 0 spiro atoms. The van der Waals surface area contributed by atoms with E-state index in [0.717, 1.165) is 17.1 Å². The van der Waals surface area contributed by atoms with Crippen molar-refractivity contribution >= 4 is 23.0 Å². The number of aromatic nitrogens is 1. The molecule has 5 heteroatoms. The van der Waals surface area contributed by atoms with Crippen molar-refractivity contribution in [2.75, 3.05) is 5.32 Å². The van der Waals surface area contributed by atoms with Crippen molar-refractivity contribution in [1.29, 1.82) is 0 Å². The topological polar surface area (TPSA) is 41.3 Å². The molecule has 0 amide bonds. The molecule has 3 rings (SSSR count). The monoisotopic (exact) mass is 365 g/mol. The molecule has 0 aliphatic carbocycles. The first-order valence-corrected chi connectivity index (χ1v) is 9.00. The lowest BCUT2D eigenvalue weighted by molar-refractivity contribution is 0.357. The van der Waals surface area contributed by atoms with E-state index in [9.17, 15) is 0 Å². The lowest BCUT2D eigenvalue weighted by Crippen LogP contribution is -2.34. The summed E-state index contributed by atoms with van der Waals surface area (Å²) in [5, 5.41) is 4.08. The van der Waals surface area contributed by atoms with Crippen LogP contribution in [-0.2, 0) is 13.1 Å². The minimum atomic E-state index is 0.583. The number of nitrogens with one attached hydrogen (secondary N) is 1. The quantitative estimate of drug-likeness (QED) is 0.645. The summed E-state index contributed by atoms with van der Waals surface area (Å²) in [5.41, 5.74) is 5.63. The van der Waals surface area contributed by atoms with Crippen LogP contribution in [0.2, 0.25) is 0 Å². The summed E-state index contributed by atoms with van der Waals surface area (Å²) in [7, 11) is 0. The van der Waals surface area contributed by atoms with Gasteiger partial charge in [0.05, 0.1) is 25.0 Å².